The van der Waals surface area contributed by atoms with Gasteiger partial charge in [0.1, 0.15) is 0 Å². The maximum absolute atomic E-state index is 11.3. The molecule has 1 unspecified atom stereocenters. The van der Waals surface area contributed by atoms with Crippen LogP contribution >= 0.6 is 22.4 Å². The van der Waals surface area contributed by atoms with Gasteiger partial charge >= 0.3 is 0 Å². The number of halogens is 1. The monoisotopic (exact) mass is 238 g/mol. The van der Waals surface area contributed by atoms with Crippen LogP contribution in [0, 0.1) is 0 Å². The van der Waals surface area contributed by atoms with Crippen molar-refractivity contribution in [1.29, 1.82) is 0 Å². The second-order valence-corrected chi connectivity index (χ2v) is 6.10. The van der Waals surface area contributed by atoms with Crippen LogP contribution in [0.15, 0.2) is 23.8 Å². The van der Waals surface area contributed by atoms with Crippen molar-refractivity contribution >= 4 is 32.2 Å². The molecular formula is C9H15ClOS2. The van der Waals surface area contributed by atoms with E-state index in [9.17, 15) is 4.21 Å². The summed E-state index contributed by atoms with van der Waals surface area (Å²) in [4.78, 5) is 0. The van der Waals surface area contributed by atoms with Crippen LogP contribution in [0.1, 0.15) is 13.8 Å². The zero-order valence-electron chi connectivity index (χ0n) is 7.96. The summed E-state index contributed by atoms with van der Waals surface area (Å²) in [6.07, 6.45) is 5.78. The summed E-state index contributed by atoms with van der Waals surface area (Å²) in [6, 6.07) is 0. The summed E-state index contributed by atoms with van der Waals surface area (Å²) >= 11 is 5.52. The smallest absolute Gasteiger partial charge is 0.0845 e. The Bertz CT molecular complexity index is 212. The van der Waals surface area contributed by atoms with E-state index in [2.05, 4.69) is 0 Å². The Morgan fingerprint density at radius 2 is 2.31 bits per heavy atom. The Kier molecular flexibility index (Phi) is 9.03. The molecule has 0 aromatic carbocycles. The lowest BCUT2D eigenvalue weighted by Crippen LogP contribution is -1.91. The zero-order valence-corrected chi connectivity index (χ0v) is 10.3. The van der Waals surface area contributed by atoms with Crippen molar-refractivity contribution in [3.8, 4) is 0 Å². The molecular weight excluding hydrogens is 224 g/mol. The molecule has 0 amide bonds. The van der Waals surface area contributed by atoms with Gasteiger partial charge in [-0.3, -0.25) is 0 Å². The SMILES string of the molecule is C/C=C/CS(=O)SC/C(C)=C\CCl. The van der Waals surface area contributed by atoms with Crippen LogP contribution in [-0.2, 0) is 9.83 Å². The molecule has 0 rings (SSSR count). The first kappa shape index (κ1) is 13.3. The maximum Gasteiger partial charge on any atom is 0.0845 e. The first-order valence-corrected chi connectivity index (χ1v) is 7.40. The zero-order chi connectivity index (χ0) is 10.1. The molecule has 1 nitrogen and oxygen atoms in total. The van der Waals surface area contributed by atoms with Gasteiger partial charge in [0, 0.05) is 11.6 Å². The fourth-order valence-electron chi connectivity index (χ4n) is 0.572. The van der Waals surface area contributed by atoms with Gasteiger partial charge in [-0.15, -0.1) is 11.6 Å². The Labute approximate surface area is 91.5 Å². The topological polar surface area (TPSA) is 17.1 Å². The summed E-state index contributed by atoms with van der Waals surface area (Å²) < 4.78 is 11.3. The molecule has 0 bridgehead atoms. The minimum absolute atomic E-state index is 0.536. The van der Waals surface area contributed by atoms with Gasteiger partial charge in [-0.1, -0.05) is 34.6 Å². The van der Waals surface area contributed by atoms with Crippen LogP contribution in [0.5, 0.6) is 0 Å². The largest absolute Gasteiger partial charge is 0.248 e. The molecule has 0 saturated heterocycles. The molecule has 0 heterocycles. The molecule has 0 aliphatic heterocycles. The standard InChI is InChI=1S/C9H15ClOS2/c1-3-4-7-13(11)12-8-9(2)5-6-10/h3-5H,6-8H2,1-2H3/b4-3+,9-5-. The summed E-state index contributed by atoms with van der Waals surface area (Å²) in [5.74, 6) is 1.97. The number of hydrogen-bond acceptors (Lipinski definition) is 2. The lowest BCUT2D eigenvalue weighted by molar-refractivity contribution is 0.693. The molecule has 0 radical (unpaired) electrons. The molecule has 0 aromatic rings. The molecule has 76 valence electrons. The van der Waals surface area contributed by atoms with Crippen molar-refractivity contribution in [2.75, 3.05) is 17.4 Å². The normalized spacial score (nSPS) is 15.2. The third kappa shape index (κ3) is 8.60. The lowest BCUT2D eigenvalue weighted by atomic mass is 10.3. The summed E-state index contributed by atoms with van der Waals surface area (Å²) in [6.45, 7) is 3.93. The molecule has 13 heavy (non-hydrogen) atoms. The minimum atomic E-state index is -0.798. The summed E-state index contributed by atoms with van der Waals surface area (Å²) in [5, 5.41) is 0. The Balaban J connectivity index is 3.63. The van der Waals surface area contributed by atoms with E-state index in [1.165, 1.54) is 16.4 Å². The molecule has 4 heteroatoms. The van der Waals surface area contributed by atoms with Gasteiger partial charge in [-0.2, -0.15) is 0 Å². The van der Waals surface area contributed by atoms with Crippen LogP contribution < -0.4 is 0 Å². The van der Waals surface area contributed by atoms with Crippen LogP contribution in [-0.4, -0.2) is 21.6 Å². The van der Waals surface area contributed by atoms with E-state index in [0.717, 1.165) is 5.75 Å². The number of rotatable bonds is 6. The Morgan fingerprint density at radius 3 is 2.85 bits per heavy atom. The van der Waals surface area contributed by atoms with Crippen molar-refractivity contribution in [3.63, 3.8) is 0 Å². The second kappa shape index (κ2) is 8.85. The number of alkyl halides is 1. The Hall–Kier alpha value is 0.270. The van der Waals surface area contributed by atoms with Gasteiger partial charge in [0.25, 0.3) is 0 Å². The van der Waals surface area contributed by atoms with E-state index in [4.69, 9.17) is 11.6 Å². The molecule has 0 saturated carbocycles. The fourth-order valence-corrected chi connectivity index (χ4v) is 3.19. The van der Waals surface area contributed by atoms with Crippen molar-refractivity contribution in [2.24, 2.45) is 0 Å². The van der Waals surface area contributed by atoms with Crippen LogP contribution in [0.3, 0.4) is 0 Å². The van der Waals surface area contributed by atoms with Crippen molar-refractivity contribution < 1.29 is 4.21 Å². The predicted molar refractivity (Wildman–Crippen MR) is 64.8 cm³/mol. The summed E-state index contributed by atoms with van der Waals surface area (Å²) in [5.41, 5.74) is 1.19. The van der Waals surface area contributed by atoms with Crippen molar-refractivity contribution in [2.45, 2.75) is 13.8 Å². The molecule has 0 aliphatic rings. The van der Waals surface area contributed by atoms with E-state index in [1.807, 2.05) is 32.1 Å². The van der Waals surface area contributed by atoms with E-state index in [-0.39, 0.29) is 0 Å². The average molecular weight is 239 g/mol. The third-order valence-electron chi connectivity index (χ3n) is 1.31. The number of hydrogen-bond donors (Lipinski definition) is 0. The van der Waals surface area contributed by atoms with Crippen molar-refractivity contribution in [1.82, 2.24) is 0 Å². The van der Waals surface area contributed by atoms with Gasteiger partial charge in [0.15, 0.2) is 0 Å². The van der Waals surface area contributed by atoms with Gasteiger partial charge < -0.3 is 0 Å². The molecule has 1 atom stereocenters. The van der Waals surface area contributed by atoms with Gasteiger partial charge in [-0.25, -0.2) is 4.21 Å². The third-order valence-corrected chi connectivity index (χ3v) is 4.32. The van der Waals surface area contributed by atoms with Crippen LogP contribution in [0.25, 0.3) is 0 Å². The van der Waals surface area contributed by atoms with E-state index < -0.39 is 9.83 Å². The van der Waals surface area contributed by atoms with E-state index in [0.29, 0.717) is 11.6 Å². The molecule has 0 aromatic heterocycles. The molecule has 0 aliphatic carbocycles. The maximum atomic E-state index is 11.3. The number of allylic oxidation sites excluding steroid dienone is 2. The van der Waals surface area contributed by atoms with E-state index in [1.54, 1.807) is 0 Å². The summed E-state index contributed by atoms with van der Waals surface area (Å²) in [7, 11) is 0.660. The second-order valence-electron chi connectivity index (χ2n) is 2.51. The Morgan fingerprint density at radius 1 is 1.62 bits per heavy atom. The highest BCUT2D eigenvalue weighted by molar-refractivity contribution is 8.69. The highest BCUT2D eigenvalue weighted by Crippen LogP contribution is 2.12. The first-order valence-electron chi connectivity index (χ1n) is 4.05. The molecule has 0 N–H and O–H groups in total. The van der Waals surface area contributed by atoms with Gasteiger partial charge in [0.05, 0.1) is 15.6 Å². The van der Waals surface area contributed by atoms with Crippen LogP contribution in [0.4, 0.5) is 0 Å². The fraction of sp³-hybridized carbons (Fsp3) is 0.556. The average Bonchev–Trinajstić information content (AvgIpc) is 2.12. The predicted octanol–water partition coefficient (Wildman–Crippen LogP) is 3.14. The van der Waals surface area contributed by atoms with Crippen molar-refractivity contribution in [3.05, 3.63) is 23.8 Å². The highest BCUT2D eigenvalue weighted by atomic mass is 35.5. The first-order chi connectivity index (χ1) is 6.20. The molecule has 0 spiro atoms. The van der Waals surface area contributed by atoms with Gasteiger partial charge in [0.2, 0.25) is 0 Å². The van der Waals surface area contributed by atoms with E-state index >= 15 is 0 Å². The lowest BCUT2D eigenvalue weighted by Gasteiger charge is -1.98. The van der Waals surface area contributed by atoms with Gasteiger partial charge in [-0.05, 0) is 13.8 Å². The molecule has 0 fully saturated rings. The van der Waals surface area contributed by atoms with Crippen LogP contribution in [0.2, 0.25) is 0 Å². The quantitative estimate of drug-likeness (QED) is 0.402. The highest BCUT2D eigenvalue weighted by Gasteiger charge is 1.97. The minimum Gasteiger partial charge on any atom is -0.248 e.